The Balaban J connectivity index is 1.76. The van der Waals surface area contributed by atoms with E-state index < -0.39 is 10.0 Å². The highest BCUT2D eigenvalue weighted by Gasteiger charge is 2.13. The van der Waals surface area contributed by atoms with Crippen LogP contribution in [0.3, 0.4) is 0 Å². The number of anilines is 1. The third-order valence-electron chi connectivity index (χ3n) is 3.70. The van der Waals surface area contributed by atoms with Crippen molar-refractivity contribution in [1.82, 2.24) is 14.6 Å². The molecule has 1 aromatic heterocycles. The summed E-state index contributed by atoms with van der Waals surface area (Å²) in [5.41, 5.74) is 0.519. The van der Waals surface area contributed by atoms with Crippen LogP contribution in [0.2, 0.25) is 0 Å². The van der Waals surface area contributed by atoms with E-state index >= 15 is 0 Å². The molecule has 2 amide bonds. The number of amides is 2. The summed E-state index contributed by atoms with van der Waals surface area (Å²) >= 11 is 3.37. The second-order valence-corrected chi connectivity index (χ2v) is 8.83. The number of hydrogen-bond acceptors (Lipinski definition) is 5. The highest BCUT2D eigenvalue weighted by molar-refractivity contribution is 9.10. The number of halogens is 1. The topological polar surface area (TPSA) is 101 Å². The molecule has 1 heterocycles. The molecule has 0 fully saturated rings. The van der Waals surface area contributed by atoms with Gasteiger partial charge in [-0.25, -0.2) is 22.5 Å². The maximum atomic E-state index is 11.9. The van der Waals surface area contributed by atoms with Gasteiger partial charge in [-0.05, 0) is 30.7 Å². The Morgan fingerprint density at radius 1 is 1.29 bits per heavy atom. The zero-order valence-electron chi connectivity index (χ0n) is 15.7. The molecule has 8 nitrogen and oxygen atoms in total. The summed E-state index contributed by atoms with van der Waals surface area (Å²) < 4.78 is 30.9. The number of benzene rings is 1. The van der Waals surface area contributed by atoms with Gasteiger partial charge in [0.05, 0.1) is 18.1 Å². The minimum Gasteiger partial charge on any atom is -0.439 e. The highest BCUT2D eigenvalue weighted by Crippen LogP contribution is 2.23. The van der Waals surface area contributed by atoms with Crippen molar-refractivity contribution in [2.75, 3.05) is 31.2 Å². The summed E-state index contributed by atoms with van der Waals surface area (Å²) in [7, 11) is -3.21. The van der Waals surface area contributed by atoms with Crippen molar-refractivity contribution in [3.8, 4) is 11.6 Å². The van der Waals surface area contributed by atoms with E-state index in [-0.39, 0.29) is 6.03 Å². The van der Waals surface area contributed by atoms with E-state index in [1.165, 1.54) is 16.8 Å². The Morgan fingerprint density at radius 2 is 2.07 bits per heavy atom. The number of carbonyl (C=O) groups excluding carboxylic acids is 1. The molecule has 0 spiro atoms. The van der Waals surface area contributed by atoms with Crippen molar-refractivity contribution in [2.24, 2.45) is 0 Å². The van der Waals surface area contributed by atoms with Gasteiger partial charge in [-0.1, -0.05) is 28.9 Å². The van der Waals surface area contributed by atoms with Gasteiger partial charge in [0.25, 0.3) is 0 Å². The van der Waals surface area contributed by atoms with Gasteiger partial charge in [-0.2, -0.15) is 0 Å². The number of ether oxygens (including phenoxy) is 1. The van der Waals surface area contributed by atoms with Crippen LogP contribution in [0.5, 0.6) is 11.6 Å². The fourth-order valence-electron chi connectivity index (χ4n) is 2.36. The first-order valence-electron chi connectivity index (χ1n) is 8.67. The lowest BCUT2D eigenvalue weighted by molar-refractivity contribution is 0.251. The number of carbonyl (C=O) groups is 1. The molecule has 0 saturated heterocycles. The maximum absolute atomic E-state index is 11.9. The van der Waals surface area contributed by atoms with Crippen LogP contribution in [0.15, 0.2) is 47.1 Å². The smallest absolute Gasteiger partial charge is 0.319 e. The van der Waals surface area contributed by atoms with Crippen molar-refractivity contribution in [2.45, 2.75) is 13.3 Å². The Hall–Kier alpha value is -2.17. The molecule has 1 aromatic carbocycles. The van der Waals surface area contributed by atoms with E-state index in [0.29, 0.717) is 43.4 Å². The highest BCUT2D eigenvalue weighted by atomic mass is 79.9. The van der Waals surface area contributed by atoms with Crippen LogP contribution in [-0.2, 0) is 10.0 Å². The van der Waals surface area contributed by atoms with Crippen LogP contribution in [0.4, 0.5) is 10.5 Å². The van der Waals surface area contributed by atoms with E-state index in [0.717, 1.165) is 4.47 Å². The average Bonchev–Trinajstić information content (AvgIpc) is 2.62. The number of rotatable bonds is 9. The molecule has 2 aromatic rings. The minimum absolute atomic E-state index is 0.357. The fraction of sp³-hybridized carbons (Fsp3) is 0.333. The SMILES string of the molecule is CCN(CCCNC(=O)Nc1ccc(Oc2cccc(Br)c2)nc1)S(C)(=O)=O. The molecule has 2 rings (SSSR count). The zero-order valence-corrected chi connectivity index (χ0v) is 18.1. The van der Waals surface area contributed by atoms with Crippen LogP contribution in [-0.4, -0.2) is 49.6 Å². The largest absolute Gasteiger partial charge is 0.439 e. The van der Waals surface area contributed by atoms with Gasteiger partial charge >= 0.3 is 6.03 Å². The van der Waals surface area contributed by atoms with E-state index in [2.05, 4.69) is 31.5 Å². The van der Waals surface area contributed by atoms with Crippen LogP contribution < -0.4 is 15.4 Å². The molecular weight excluding hydrogens is 448 g/mol. The summed E-state index contributed by atoms with van der Waals surface area (Å²) in [6.45, 7) is 2.90. The molecule has 0 unspecified atom stereocenters. The average molecular weight is 471 g/mol. The molecule has 0 radical (unpaired) electrons. The van der Waals surface area contributed by atoms with Crippen LogP contribution in [0.1, 0.15) is 13.3 Å². The van der Waals surface area contributed by atoms with Crippen molar-refractivity contribution in [3.63, 3.8) is 0 Å². The Kier molecular flexibility index (Phi) is 8.21. The molecule has 2 N–H and O–H groups in total. The lowest BCUT2D eigenvalue weighted by Crippen LogP contribution is -2.34. The molecule has 0 bridgehead atoms. The molecule has 0 aliphatic heterocycles. The lowest BCUT2D eigenvalue weighted by Gasteiger charge is -2.17. The molecule has 0 saturated carbocycles. The summed E-state index contributed by atoms with van der Waals surface area (Å²) in [5, 5.41) is 5.35. The summed E-state index contributed by atoms with van der Waals surface area (Å²) in [4.78, 5) is 16.1. The third kappa shape index (κ3) is 7.45. The van der Waals surface area contributed by atoms with E-state index in [1.54, 1.807) is 19.1 Å². The first-order valence-corrected chi connectivity index (χ1v) is 11.3. The fourth-order valence-corrected chi connectivity index (χ4v) is 3.66. The molecule has 152 valence electrons. The molecule has 0 atom stereocenters. The Bertz CT molecular complexity index is 891. The number of nitrogens with one attached hydrogen (secondary N) is 2. The number of sulfonamides is 1. The Morgan fingerprint density at radius 3 is 2.68 bits per heavy atom. The van der Waals surface area contributed by atoms with Gasteiger partial charge in [0.15, 0.2) is 0 Å². The van der Waals surface area contributed by atoms with Crippen LogP contribution in [0, 0.1) is 0 Å². The van der Waals surface area contributed by atoms with Crippen molar-refractivity contribution >= 4 is 37.7 Å². The van der Waals surface area contributed by atoms with Gasteiger partial charge in [0.1, 0.15) is 5.75 Å². The first-order chi connectivity index (χ1) is 13.3. The number of aromatic nitrogens is 1. The molecular formula is C18H23BrN4O4S. The molecule has 0 aliphatic carbocycles. The quantitative estimate of drug-likeness (QED) is 0.546. The maximum Gasteiger partial charge on any atom is 0.319 e. The minimum atomic E-state index is -3.21. The molecule has 10 heteroatoms. The van der Waals surface area contributed by atoms with E-state index in [9.17, 15) is 13.2 Å². The van der Waals surface area contributed by atoms with Gasteiger partial charge in [-0.3, -0.25) is 0 Å². The summed E-state index contributed by atoms with van der Waals surface area (Å²) in [5.74, 6) is 1.06. The number of nitrogens with zero attached hydrogens (tertiary/aromatic N) is 2. The van der Waals surface area contributed by atoms with Gasteiger partial charge in [0.2, 0.25) is 15.9 Å². The van der Waals surface area contributed by atoms with Gasteiger partial charge in [-0.15, -0.1) is 0 Å². The zero-order chi connectivity index (χ0) is 20.6. The number of urea groups is 1. The van der Waals surface area contributed by atoms with Gasteiger partial charge < -0.3 is 15.4 Å². The molecule has 28 heavy (non-hydrogen) atoms. The summed E-state index contributed by atoms with van der Waals surface area (Å²) in [6.07, 6.45) is 3.19. The predicted octanol–water partition coefficient (Wildman–Crippen LogP) is 3.43. The number of pyridine rings is 1. The first kappa shape index (κ1) is 22.1. The second-order valence-electron chi connectivity index (χ2n) is 5.93. The van der Waals surface area contributed by atoms with Crippen LogP contribution >= 0.6 is 15.9 Å². The van der Waals surface area contributed by atoms with Gasteiger partial charge in [0, 0.05) is 30.2 Å². The normalized spacial score (nSPS) is 11.3. The third-order valence-corrected chi connectivity index (χ3v) is 5.58. The van der Waals surface area contributed by atoms with Crippen LogP contribution in [0.25, 0.3) is 0 Å². The standard InChI is InChI=1S/C18H23BrN4O4S/c1-3-23(28(2,25)26)11-5-10-20-18(24)22-15-8-9-17(21-13-15)27-16-7-4-6-14(19)12-16/h4,6-9,12-13H,3,5,10-11H2,1-2H3,(H2,20,22,24). The number of hydrogen-bond donors (Lipinski definition) is 2. The molecule has 0 aliphatic rings. The van der Waals surface area contributed by atoms with E-state index in [1.807, 2.05) is 24.3 Å². The lowest BCUT2D eigenvalue weighted by atomic mass is 10.3. The summed E-state index contributed by atoms with van der Waals surface area (Å²) in [6, 6.07) is 10.3. The Labute approximate surface area is 173 Å². The van der Waals surface area contributed by atoms with Crippen molar-refractivity contribution < 1.29 is 17.9 Å². The second kappa shape index (κ2) is 10.4. The van der Waals surface area contributed by atoms with E-state index in [4.69, 9.17) is 4.74 Å². The van der Waals surface area contributed by atoms with Crippen molar-refractivity contribution in [3.05, 3.63) is 47.1 Å². The van der Waals surface area contributed by atoms with Crippen molar-refractivity contribution in [1.29, 1.82) is 0 Å². The monoisotopic (exact) mass is 470 g/mol. The predicted molar refractivity (Wildman–Crippen MR) is 112 cm³/mol.